The van der Waals surface area contributed by atoms with Gasteiger partial charge >= 0.3 is 0 Å². The van der Waals surface area contributed by atoms with Gasteiger partial charge in [0.2, 0.25) is 0 Å². The summed E-state index contributed by atoms with van der Waals surface area (Å²) in [5, 5.41) is 8.59. The summed E-state index contributed by atoms with van der Waals surface area (Å²) in [7, 11) is 0. The van der Waals surface area contributed by atoms with E-state index < -0.39 is 0 Å². The molecule has 2 heterocycles. The van der Waals surface area contributed by atoms with Crippen LogP contribution in [0.2, 0.25) is 5.02 Å². The molecule has 1 aliphatic rings. The van der Waals surface area contributed by atoms with E-state index in [0.29, 0.717) is 34.0 Å². The summed E-state index contributed by atoms with van der Waals surface area (Å²) >= 11 is 6.48. The van der Waals surface area contributed by atoms with Crippen molar-refractivity contribution in [3.05, 3.63) is 75.7 Å². The van der Waals surface area contributed by atoms with E-state index in [2.05, 4.69) is 10.5 Å². The summed E-state index contributed by atoms with van der Waals surface area (Å²) in [6, 6.07) is 14.8. The number of hydrogen-bond acceptors (Lipinski definition) is 4. The molecule has 1 amide bonds. The first-order valence-corrected chi connectivity index (χ1v) is 10.9. The van der Waals surface area contributed by atoms with Crippen molar-refractivity contribution in [3.8, 4) is 0 Å². The lowest BCUT2D eigenvalue weighted by molar-refractivity contribution is 0.0940. The zero-order valence-corrected chi connectivity index (χ0v) is 17.6. The highest BCUT2D eigenvalue weighted by atomic mass is 35.5. The fourth-order valence-electron chi connectivity index (χ4n) is 4.72. The largest absolute Gasteiger partial charge is 0.355 e. The molecule has 31 heavy (non-hydrogen) atoms. The molecule has 0 radical (unpaired) electrons. The SMILES string of the molecule is O=C(NCC1CCCC(n2c(=O)c3cnoc3c3c(Cl)cccc32)C1)c1ccccc1. The van der Waals surface area contributed by atoms with Crippen molar-refractivity contribution in [1.29, 1.82) is 0 Å². The van der Waals surface area contributed by atoms with Gasteiger partial charge in [0.1, 0.15) is 5.39 Å². The lowest BCUT2D eigenvalue weighted by Gasteiger charge is -2.31. The van der Waals surface area contributed by atoms with Gasteiger partial charge in [0.05, 0.1) is 22.1 Å². The molecule has 1 fully saturated rings. The number of rotatable bonds is 4. The minimum atomic E-state index is -0.106. The third kappa shape index (κ3) is 3.61. The Balaban J connectivity index is 1.44. The van der Waals surface area contributed by atoms with Crippen molar-refractivity contribution in [1.82, 2.24) is 15.0 Å². The third-order valence-corrected chi connectivity index (χ3v) is 6.52. The average molecular weight is 436 g/mol. The van der Waals surface area contributed by atoms with Crippen molar-refractivity contribution in [2.24, 2.45) is 5.92 Å². The summed E-state index contributed by atoms with van der Waals surface area (Å²) in [4.78, 5) is 25.7. The maximum Gasteiger partial charge on any atom is 0.264 e. The zero-order chi connectivity index (χ0) is 21.4. The van der Waals surface area contributed by atoms with E-state index in [1.54, 1.807) is 6.07 Å². The predicted octanol–water partition coefficient (Wildman–Crippen LogP) is 4.96. The molecule has 0 spiro atoms. The van der Waals surface area contributed by atoms with Gasteiger partial charge in [-0.1, -0.05) is 47.4 Å². The minimum absolute atomic E-state index is 0.0279. The Morgan fingerprint density at radius 1 is 1.16 bits per heavy atom. The van der Waals surface area contributed by atoms with Crippen LogP contribution in [0.4, 0.5) is 0 Å². The van der Waals surface area contributed by atoms with Crippen molar-refractivity contribution < 1.29 is 9.32 Å². The minimum Gasteiger partial charge on any atom is -0.355 e. The Labute approximate surface area is 183 Å². The Bertz CT molecular complexity index is 1310. The van der Waals surface area contributed by atoms with Crippen LogP contribution in [-0.4, -0.2) is 22.2 Å². The third-order valence-electron chi connectivity index (χ3n) is 6.21. The standard InChI is InChI=1S/C24H22ClN3O3/c25-19-10-5-11-20-21(19)22-18(14-27-31-22)24(30)28(20)17-9-4-6-15(12-17)13-26-23(29)16-7-2-1-3-8-16/h1-3,5,7-8,10-11,14-15,17H,4,6,9,12-13H2,(H,26,29). The van der Waals surface area contributed by atoms with E-state index in [-0.39, 0.29) is 17.5 Å². The van der Waals surface area contributed by atoms with E-state index >= 15 is 0 Å². The molecule has 2 aromatic heterocycles. The van der Waals surface area contributed by atoms with Gasteiger partial charge in [0.25, 0.3) is 11.5 Å². The Morgan fingerprint density at radius 2 is 2.00 bits per heavy atom. The lowest BCUT2D eigenvalue weighted by atomic mass is 9.85. The number of amides is 1. The lowest BCUT2D eigenvalue weighted by Crippen LogP contribution is -2.34. The summed E-state index contributed by atoms with van der Waals surface area (Å²) < 4.78 is 7.22. The second-order valence-electron chi connectivity index (χ2n) is 8.14. The molecule has 5 rings (SSSR count). The number of aromatic nitrogens is 2. The van der Waals surface area contributed by atoms with Crippen molar-refractivity contribution in [3.63, 3.8) is 0 Å². The van der Waals surface area contributed by atoms with E-state index in [0.717, 1.165) is 36.6 Å². The van der Waals surface area contributed by atoms with Crippen molar-refractivity contribution in [2.75, 3.05) is 6.54 Å². The molecule has 2 unspecified atom stereocenters. The van der Waals surface area contributed by atoms with Crippen LogP contribution in [0, 0.1) is 5.92 Å². The molecule has 0 saturated heterocycles. The molecule has 1 N–H and O–H groups in total. The van der Waals surface area contributed by atoms with Gasteiger partial charge in [0, 0.05) is 18.2 Å². The number of carbonyl (C=O) groups is 1. The van der Waals surface area contributed by atoms with Gasteiger partial charge in [-0.3, -0.25) is 9.59 Å². The van der Waals surface area contributed by atoms with Crippen LogP contribution in [-0.2, 0) is 0 Å². The highest BCUT2D eigenvalue weighted by Crippen LogP contribution is 2.36. The first kappa shape index (κ1) is 19.8. The second-order valence-corrected chi connectivity index (χ2v) is 8.55. The first-order valence-electron chi connectivity index (χ1n) is 10.5. The number of fused-ring (bicyclic) bond motifs is 3. The van der Waals surface area contributed by atoms with Crippen LogP contribution < -0.4 is 10.9 Å². The quantitative estimate of drug-likeness (QED) is 0.491. The average Bonchev–Trinajstić information content (AvgIpc) is 3.29. The van der Waals surface area contributed by atoms with E-state index in [9.17, 15) is 9.59 Å². The smallest absolute Gasteiger partial charge is 0.264 e. The van der Waals surface area contributed by atoms with Crippen LogP contribution in [0.1, 0.15) is 42.1 Å². The molecular weight excluding hydrogens is 414 g/mol. The van der Waals surface area contributed by atoms with Gasteiger partial charge in [-0.2, -0.15) is 0 Å². The molecule has 0 aliphatic heterocycles. The van der Waals surface area contributed by atoms with Gasteiger partial charge in [-0.15, -0.1) is 0 Å². The van der Waals surface area contributed by atoms with Crippen LogP contribution in [0.5, 0.6) is 0 Å². The monoisotopic (exact) mass is 435 g/mol. The fourth-order valence-corrected chi connectivity index (χ4v) is 4.98. The molecule has 2 atom stereocenters. The van der Waals surface area contributed by atoms with Crippen LogP contribution >= 0.6 is 11.6 Å². The molecule has 2 aromatic carbocycles. The number of hydrogen-bond donors (Lipinski definition) is 1. The Kier molecular flexibility index (Phi) is 5.24. The highest BCUT2D eigenvalue weighted by molar-refractivity contribution is 6.37. The maximum atomic E-state index is 13.3. The van der Waals surface area contributed by atoms with Gasteiger partial charge in [0.15, 0.2) is 5.58 Å². The molecule has 1 saturated carbocycles. The zero-order valence-electron chi connectivity index (χ0n) is 16.9. The van der Waals surface area contributed by atoms with Gasteiger partial charge in [-0.05, 0) is 49.4 Å². The topological polar surface area (TPSA) is 77.1 Å². The summed E-state index contributed by atoms with van der Waals surface area (Å²) in [6.07, 6.45) is 5.20. The molecule has 4 aromatic rings. The molecule has 0 bridgehead atoms. The summed E-state index contributed by atoms with van der Waals surface area (Å²) in [5.41, 5.74) is 1.75. The molecule has 7 heteroatoms. The maximum absolute atomic E-state index is 13.3. The van der Waals surface area contributed by atoms with Crippen molar-refractivity contribution in [2.45, 2.75) is 31.7 Å². The van der Waals surface area contributed by atoms with E-state index in [4.69, 9.17) is 16.1 Å². The Hall–Kier alpha value is -3.12. The highest BCUT2D eigenvalue weighted by Gasteiger charge is 2.27. The number of pyridine rings is 1. The molecular formula is C24H22ClN3O3. The number of carbonyl (C=O) groups excluding carboxylic acids is 1. The molecule has 158 valence electrons. The van der Waals surface area contributed by atoms with Crippen LogP contribution in [0.25, 0.3) is 21.9 Å². The van der Waals surface area contributed by atoms with Gasteiger partial charge in [-0.25, -0.2) is 0 Å². The molecule has 6 nitrogen and oxygen atoms in total. The summed E-state index contributed by atoms with van der Waals surface area (Å²) in [6.45, 7) is 0.590. The van der Waals surface area contributed by atoms with Crippen molar-refractivity contribution >= 4 is 39.4 Å². The normalized spacial score (nSPS) is 19.0. The molecule has 1 aliphatic carbocycles. The number of nitrogens with zero attached hydrogens (tertiary/aromatic N) is 2. The van der Waals surface area contributed by atoms with Gasteiger partial charge < -0.3 is 14.4 Å². The number of benzene rings is 2. The predicted molar refractivity (Wildman–Crippen MR) is 121 cm³/mol. The second kappa shape index (κ2) is 8.19. The fraction of sp³-hybridized carbons (Fsp3) is 0.292. The summed E-state index contributed by atoms with van der Waals surface area (Å²) in [5.74, 6) is 0.230. The first-order chi connectivity index (χ1) is 15.1. The number of halogens is 1. The number of nitrogens with one attached hydrogen (secondary N) is 1. The van der Waals surface area contributed by atoms with E-state index in [1.165, 1.54) is 6.20 Å². The van der Waals surface area contributed by atoms with E-state index in [1.807, 2.05) is 47.0 Å². The van der Waals surface area contributed by atoms with Crippen LogP contribution in [0.15, 0.2) is 64.0 Å². The van der Waals surface area contributed by atoms with Crippen LogP contribution in [0.3, 0.4) is 0 Å². The Morgan fingerprint density at radius 3 is 2.84 bits per heavy atom.